The molecule has 146 valence electrons. The van der Waals surface area contributed by atoms with Crippen LogP contribution in [0.25, 0.3) is 0 Å². The molecule has 27 heavy (non-hydrogen) atoms. The predicted octanol–water partition coefficient (Wildman–Crippen LogP) is 2.97. The molecule has 2 aromatic carbocycles. The molecule has 0 atom stereocenters. The molecule has 0 aliphatic rings. The summed E-state index contributed by atoms with van der Waals surface area (Å²) in [6.07, 6.45) is 0. The van der Waals surface area contributed by atoms with Crippen LogP contribution in [0.2, 0.25) is 5.02 Å². The van der Waals surface area contributed by atoms with Crippen LogP contribution in [0.4, 0.5) is 21.5 Å². The summed E-state index contributed by atoms with van der Waals surface area (Å²) in [6, 6.07) is 7.51. The highest BCUT2D eigenvalue weighted by molar-refractivity contribution is 7.89. The summed E-state index contributed by atoms with van der Waals surface area (Å²) in [7, 11) is -0.348. The fraction of sp³-hybridized carbons (Fsp3) is 0.250. The molecule has 0 saturated heterocycles. The Morgan fingerprint density at radius 2 is 1.93 bits per heavy atom. The van der Waals surface area contributed by atoms with Crippen LogP contribution in [-0.2, 0) is 10.0 Å². The fourth-order valence-corrected chi connectivity index (χ4v) is 3.38. The molecule has 0 heterocycles. The van der Waals surface area contributed by atoms with Gasteiger partial charge in [-0.1, -0.05) is 17.7 Å². The molecule has 2 aromatic rings. The quantitative estimate of drug-likeness (QED) is 0.506. The van der Waals surface area contributed by atoms with Crippen LogP contribution in [0.1, 0.15) is 0 Å². The molecule has 0 unspecified atom stereocenters. The summed E-state index contributed by atoms with van der Waals surface area (Å²) in [6.45, 7) is 0.617. The Morgan fingerprint density at radius 1 is 1.22 bits per heavy atom. The fourth-order valence-electron chi connectivity index (χ4n) is 2.17. The molecule has 8 nitrogen and oxygen atoms in total. The second-order valence-corrected chi connectivity index (χ2v) is 8.04. The van der Waals surface area contributed by atoms with Gasteiger partial charge in [-0.05, 0) is 38.4 Å². The van der Waals surface area contributed by atoms with Gasteiger partial charge >= 0.3 is 0 Å². The van der Waals surface area contributed by atoms with E-state index in [1.54, 1.807) is 19.0 Å². The zero-order valence-corrected chi connectivity index (χ0v) is 16.1. The van der Waals surface area contributed by atoms with Gasteiger partial charge in [-0.3, -0.25) is 10.1 Å². The van der Waals surface area contributed by atoms with Gasteiger partial charge in [0.1, 0.15) is 5.69 Å². The number of nitro groups is 1. The Hall–Kier alpha value is -2.27. The van der Waals surface area contributed by atoms with Gasteiger partial charge in [-0.25, -0.2) is 17.5 Å². The van der Waals surface area contributed by atoms with Crippen molar-refractivity contribution in [2.24, 2.45) is 0 Å². The molecule has 0 aliphatic carbocycles. The average Bonchev–Trinajstić information content (AvgIpc) is 2.58. The first-order valence-electron chi connectivity index (χ1n) is 7.75. The number of nitro benzene ring substituents is 1. The normalized spacial score (nSPS) is 11.6. The molecule has 0 amide bonds. The van der Waals surface area contributed by atoms with E-state index in [4.69, 9.17) is 11.6 Å². The Kier molecular flexibility index (Phi) is 6.71. The molecule has 2 N–H and O–H groups in total. The van der Waals surface area contributed by atoms with E-state index >= 15 is 0 Å². The van der Waals surface area contributed by atoms with Crippen molar-refractivity contribution in [1.29, 1.82) is 0 Å². The molecule has 0 aromatic heterocycles. The lowest BCUT2D eigenvalue weighted by molar-refractivity contribution is -0.384. The predicted molar refractivity (Wildman–Crippen MR) is 102 cm³/mol. The van der Waals surface area contributed by atoms with Gasteiger partial charge < -0.3 is 10.2 Å². The lowest BCUT2D eigenvalue weighted by Crippen LogP contribution is -2.31. The average molecular weight is 417 g/mol. The Labute approximate surface area is 161 Å². The number of nitrogens with zero attached hydrogens (tertiary/aromatic N) is 2. The van der Waals surface area contributed by atoms with Gasteiger partial charge in [0.2, 0.25) is 10.0 Å². The van der Waals surface area contributed by atoms with Crippen molar-refractivity contribution in [3.05, 3.63) is 57.4 Å². The van der Waals surface area contributed by atoms with Crippen molar-refractivity contribution in [3.8, 4) is 0 Å². The monoisotopic (exact) mass is 416 g/mol. The number of anilines is 2. The molecule has 11 heteroatoms. The van der Waals surface area contributed by atoms with E-state index in [1.807, 2.05) is 0 Å². The van der Waals surface area contributed by atoms with E-state index in [1.165, 1.54) is 30.3 Å². The maximum atomic E-state index is 14.0. The summed E-state index contributed by atoms with van der Waals surface area (Å²) in [5.41, 5.74) is -0.636. The van der Waals surface area contributed by atoms with E-state index < -0.39 is 26.5 Å². The minimum atomic E-state index is -3.92. The molecule has 0 bridgehead atoms. The third-order valence-corrected chi connectivity index (χ3v) is 5.30. The number of hydrogen-bond acceptors (Lipinski definition) is 6. The van der Waals surface area contributed by atoms with Crippen molar-refractivity contribution >= 4 is 38.7 Å². The maximum absolute atomic E-state index is 14.0. The minimum Gasteiger partial charge on any atom is -0.347 e. The Balaban J connectivity index is 2.34. The first kappa shape index (κ1) is 21.0. The van der Waals surface area contributed by atoms with Gasteiger partial charge in [-0.15, -0.1) is 0 Å². The second kappa shape index (κ2) is 8.61. The highest BCUT2D eigenvalue weighted by Gasteiger charge is 2.22. The highest BCUT2D eigenvalue weighted by Crippen LogP contribution is 2.32. The largest absolute Gasteiger partial charge is 0.347 e. The lowest BCUT2D eigenvalue weighted by atomic mass is 10.2. The molecule has 0 spiro atoms. The van der Waals surface area contributed by atoms with Gasteiger partial charge in [-0.2, -0.15) is 0 Å². The SMILES string of the molecule is CN(C)CCNS(=O)(=O)c1ccc(Nc2cccc(Cl)c2F)c([N+](=O)[O-])c1. The van der Waals surface area contributed by atoms with Crippen molar-refractivity contribution in [2.75, 3.05) is 32.5 Å². The Bertz CT molecular complexity index is 953. The molecule has 0 radical (unpaired) electrons. The molecular weight excluding hydrogens is 399 g/mol. The van der Waals surface area contributed by atoms with Gasteiger partial charge in [0, 0.05) is 19.2 Å². The maximum Gasteiger partial charge on any atom is 0.294 e. The molecular formula is C16H18ClFN4O4S. The third-order valence-electron chi connectivity index (χ3n) is 3.55. The van der Waals surface area contributed by atoms with Crippen LogP contribution in [0.3, 0.4) is 0 Å². The first-order valence-corrected chi connectivity index (χ1v) is 9.62. The van der Waals surface area contributed by atoms with E-state index in [0.717, 1.165) is 6.07 Å². The van der Waals surface area contributed by atoms with Gasteiger partial charge in [0.15, 0.2) is 5.82 Å². The van der Waals surface area contributed by atoms with E-state index in [0.29, 0.717) is 6.54 Å². The standard InChI is InChI=1S/C16H18ClFN4O4S/c1-21(2)9-8-19-27(25,26)11-6-7-13(15(10-11)22(23)24)20-14-5-3-4-12(17)16(14)18/h3-7,10,19-20H,8-9H2,1-2H3. The number of likely N-dealkylation sites (N-methyl/N-ethyl adjacent to an activating group) is 1. The van der Waals surface area contributed by atoms with Crippen LogP contribution >= 0.6 is 11.6 Å². The first-order chi connectivity index (χ1) is 12.6. The summed E-state index contributed by atoms with van der Waals surface area (Å²) in [5, 5.41) is 13.8. The summed E-state index contributed by atoms with van der Waals surface area (Å²) in [4.78, 5) is 12.2. The molecule has 2 rings (SSSR count). The van der Waals surface area contributed by atoms with Gasteiger partial charge in [0.05, 0.1) is 20.5 Å². The van der Waals surface area contributed by atoms with Crippen LogP contribution in [-0.4, -0.2) is 45.4 Å². The summed E-state index contributed by atoms with van der Waals surface area (Å²) in [5.74, 6) is -0.768. The summed E-state index contributed by atoms with van der Waals surface area (Å²) >= 11 is 5.70. The lowest BCUT2D eigenvalue weighted by Gasteiger charge is -2.12. The second-order valence-electron chi connectivity index (χ2n) is 5.86. The van der Waals surface area contributed by atoms with E-state index in [2.05, 4.69) is 10.0 Å². The van der Waals surface area contributed by atoms with Crippen LogP contribution < -0.4 is 10.0 Å². The smallest absolute Gasteiger partial charge is 0.294 e. The van der Waals surface area contributed by atoms with Crippen molar-refractivity contribution in [1.82, 2.24) is 9.62 Å². The van der Waals surface area contributed by atoms with Crippen LogP contribution in [0.15, 0.2) is 41.3 Å². The van der Waals surface area contributed by atoms with Crippen LogP contribution in [0, 0.1) is 15.9 Å². The highest BCUT2D eigenvalue weighted by atomic mass is 35.5. The molecule has 0 saturated carbocycles. The number of halogens is 2. The van der Waals surface area contributed by atoms with Crippen molar-refractivity contribution in [2.45, 2.75) is 4.90 Å². The molecule has 0 fully saturated rings. The van der Waals surface area contributed by atoms with E-state index in [-0.39, 0.29) is 27.8 Å². The number of hydrogen-bond donors (Lipinski definition) is 2. The Morgan fingerprint density at radius 3 is 2.56 bits per heavy atom. The summed E-state index contributed by atoms with van der Waals surface area (Å²) < 4.78 is 41.0. The van der Waals surface area contributed by atoms with Gasteiger partial charge in [0.25, 0.3) is 5.69 Å². The number of sulfonamides is 1. The van der Waals surface area contributed by atoms with Crippen molar-refractivity contribution < 1.29 is 17.7 Å². The topological polar surface area (TPSA) is 105 Å². The van der Waals surface area contributed by atoms with Crippen LogP contribution in [0.5, 0.6) is 0 Å². The zero-order valence-electron chi connectivity index (χ0n) is 14.6. The molecule has 0 aliphatic heterocycles. The van der Waals surface area contributed by atoms with E-state index in [9.17, 15) is 22.9 Å². The zero-order chi connectivity index (χ0) is 20.2. The third kappa shape index (κ3) is 5.36. The number of nitrogens with one attached hydrogen (secondary N) is 2. The van der Waals surface area contributed by atoms with Crippen molar-refractivity contribution in [3.63, 3.8) is 0 Å². The minimum absolute atomic E-state index is 0.0617. The number of benzene rings is 2. The number of rotatable bonds is 8.